The SMILES string of the molecule is CCCNC(=O)CSc1nnc2n1CCN2c1ccc(OC)cc1. The zero-order valence-corrected chi connectivity index (χ0v) is 14.7. The number of carbonyl (C=O) groups is 1. The number of fused-ring (bicyclic) bond motifs is 1. The largest absolute Gasteiger partial charge is 0.497 e. The molecule has 3 rings (SSSR count). The smallest absolute Gasteiger partial charge is 0.232 e. The highest BCUT2D eigenvalue weighted by atomic mass is 32.2. The van der Waals surface area contributed by atoms with Crippen LogP contribution in [0.3, 0.4) is 0 Å². The normalized spacial score (nSPS) is 13.0. The molecule has 1 aromatic carbocycles. The van der Waals surface area contributed by atoms with Gasteiger partial charge in [0.2, 0.25) is 11.9 Å². The molecule has 2 aromatic rings. The summed E-state index contributed by atoms with van der Waals surface area (Å²) in [6, 6.07) is 7.88. The van der Waals surface area contributed by atoms with Gasteiger partial charge >= 0.3 is 0 Å². The molecule has 7 nitrogen and oxygen atoms in total. The summed E-state index contributed by atoms with van der Waals surface area (Å²) in [5.74, 6) is 2.04. The Morgan fingerprint density at radius 3 is 2.79 bits per heavy atom. The number of thioether (sulfide) groups is 1. The van der Waals surface area contributed by atoms with Crippen molar-refractivity contribution in [3.05, 3.63) is 24.3 Å². The lowest BCUT2D eigenvalue weighted by atomic mass is 10.3. The molecule has 0 aliphatic carbocycles. The molecule has 2 heterocycles. The topological polar surface area (TPSA) is 72.3 Å². The van der Waals surface area contributed by atoms with Gasteiger partial charge in [-0.25, -0.2) is 0 Å². The van der Waals surface area contributed by atoms with Gasteiger partial charge in [0.25, 0.3) is 0 Å². The quantitative estimate of drug-likeness (QED) is 0.773. The van der Waals surface area contributed by atoms with E-state index in [9.17, 15) is 4.79 Å². The molecule has 1 amide bonds. The van der Waals surface area contributed by atoms with Gasteiger partial charge in [-0.3, -0.25) is 9.36 Å². The molecule has 8 heteroatoms. The number of carbonyl (C=O) groups excluding carboxylic acids is 1. The fourth-order valence-electron chi connectivity index (χ4n) is 2.54. The Labute approximate surface area is 145 Å². The van der Waals surface area contributed by atoms with Gasteiger partial charge in [-0.15, -0.1) is 10.2 Å². The van der Waals surface area contributed by atoms with E-state index in [2.05, 4.69) is 25.0 Å². The number of hydrogen-bond acceptors (Lipinski definition) is 6. The minimum atomic E-state index is 0.0317. The van der Waals surface area contributed by atoms with E-state index in [0.717, 1.165) is 42.1 Å². The van der Waals surface area contributed by atoms with Crippen molar-refractivity contribution >= 4 is 29.3 Å². The van der Waals surface area contributed by atoms with E-state index in [4.69, 9.17) is 4.74 Å². The average molecular weight is 347 g/mol. The lowest BCUT2D eigenvalue weighted by Crippen LogP contribution is -2.25. The minimum absolute atomic E-state index is 0.0317. The van der Waals surface area contributed by atoms with E-state index in [1.165, 1.54) is 11.8 Å². The van der Waals surface area contributed by atoms with E-state index < -0.39 is 0 Å². The number of ether oxygens (including phenoxy) is 1. The number of anilines is 2. The summed E-state index contributed by atoms with van der Waals surface area (Å²) < 4.78 is 7.25. The van der Waals surface area contributed by atoms with Crippen molar-refractivity contribution in [2.24, 2.45) is 0 Å². The molecule has 128 valence electrons. The predicted octanol–water partition coefficient (Wildman–Crippen LogP) is 2.06. The van der Waals surface area contributed by atoms with Crippen LogP contribution in [0.1, 0.15) is 13.3 Å². The van der Waals surface area contributed by atoms with E-state index in [-0.39, 0.29) is 5.91 Å². The summed E-state index contributed by atoms with van der Waals surface area (Å²) in [5, 5.41) is 12.2. The molecule has 1 aliphatic heterocycles. The average Bonchev–Trinajstić information content (AvgIpc) is 3.20. The summed E-state index contributed by atoms with van der Waals surface area (Å²) >= 11 is 1.42. The van der Waals surface area contributed by atoms with Gasteiger partial charge in [-0.1, -0.05) is 18.7 Å². The summed E-state index contributed by atoms with van der Waals surface area (Å²) in [4.78, 5) is 13.9. The Bertz CT molecular complexity index is 701. The first-order valence-corrected chi connectivity index (χ1v) is 8.95. The molecule has 0 bridgehead atoms. The summed E-state index contributed by atoms with van der Waals surface area (Å²) in [6.45, 7) is 4.40. The van der Waals surface area contributed by atoms with Crippen molar-refractivity contribution in [1.82, 2.24) is 20.1 Å². The third kappa shape index (κ3) is 3.48. The fourth-order valence-corrected chi connectivity index (χ4v) is 3.33. The number of nitrogens with one attached hydrogen (secondary N) is 1. The molecule has 0 unspecified atom stereocenters. The maximum atomic E-state index is 11.7. The Morgan fingerprint density at radius 1 is 1.29 bits per heavy atom. The molecule has 0 saturated carbocycles. The van der Waals surface area contributed by atoms with Gasteiger partial charge in [-0.05, 0) is 30.7 Å². The highest BCUT2D eigenvalue weighted by Crippen LogP contribution is 2.32. The standard InChI is InChI=1S/C16H21N5O2S/c1-3-8-17-14(22)11-24-16-19-18-15-20(9-10-21(15)16)12-4-6-13(23-2)7-5-12/h4-7H,3,8-11H2,1-2H3,(H,17,22). The predicted molar refractivity (Wildman–Crippen MR) is 94.0 cm³/mol. The van der Waals surface area contributed by atoms with Crippen molar-refractivity contribution in [2.45, 2.75) is 25.0 Å². The van der Waals surface area contributed by atoms with E-state index in [1.807, 2.05) is 31.2 Å². The van der Waals surface area contributed by atoms with Crippen LogP contribution in [0, 0.1) is 0 Å². The molecule has 24 heavy (non-hydrogen) atoms. The third-order valence-corrected chi connectivity index (χ3v) is 4.74. The second-order valence-corrected chi connectivity index (χ2v) is 6.37. The van der Waals surface area contributed by atoms with Crippen LogP contribution >= 0.6 is 11.8 Å². The van der Waals surface area contributed by atoms with Gasteiger partial charge in [0.15, 0.2) is 5.16 Å². The molecule has 0 radical (unpaired) electrons. The molecule has 0 atom stereocenters. The molecular weight excluding hydrogens is 326 g/mol. The van der Waals surface area contributed by atoms with Crippen LogP contribution in [-0.2, 0) is 11.3 Å². The first-order chi connectivity index (χ1) is 11.7. The first-order valence-electron chi connectivity index (χ1n) is 7.97. The van der Waals surface area contributed by atoms with Crippen LogP contribution in [0.4, 0.5) is 11.6 Å². The van der Waals surface area contributed by atoms with Crippen LogP contribution < -0.4 is 15.0 Å². The fraction of sp³-hybridized carbons (Fsp3) is 0.438. The Kier molecular flexibility index (Phi) is 5.24. The van der Waals surface area contributed by atoms with Gasteiger partial charge in [-0.2, -0.15) is 0 Å². The van der Waals surface area contributed by atoms with Crippen LogP contribution in [-0.4, -0.2) is 46.6 Å². The molecular formula is C16H21N5O2S. The van der Waals surface area contributed by atoms with Crippen LogP contribution in [0.25, 0.3) is 0 Å². The number of nitrogens with zero attached hydrogens (tertiary/aromatic N) is 4. The number of hydrogen-bond donors (Lipinski definition) is 1. The number of methoxy groups -OCH3 is 1. The van der Waals surface area contributed by atoms with Crippen molar-refractivity contribution in [2.75, 3.05) is 30.9 Å². The van der Waals surface area contributed by atoms with Crippen molar-refractivity contribution in [3.8, 4) is 5.75 Å². The summed E-state index contributed by atoms with van der Waals surface area (Å²) in [5.41, 5.74) is 1.05. The molecule has 0 spiro atoms. The zero-order chi connectivity index (χ0) is 16.9. The van der Waals surface area contributed by atoms with Crippen LogP contribution in [0.2, 0.25) is 0 Å². The lowest BCUT2D eigenvalue weighted by molar-refractivity contribution is -0.118. The second kappa shape index (κ2) is 7.57. The van der Waals surface area contributed by atoms with E-state index >= 15 is 0 Å². The number of benzene rings is 1. The molecule has 0 fully saturated rings. The Hall–Kier alpha value is -2.22. The number of amides is 1. The molecule has 1 aromatic heterocycles. The first kappa shape index (κ1) is 16.6. The Balaban J connectivity index is 1.67. The molecule has 1 N–H and O–H groups in total. The number of aromatic nitrogens is 3. The van der Waals surface area contributed by atoms with Crippen molar-refractivity contribution < 1.29 is 9.53 Å². The molecule has 0 saturated heterocycles. The summed E-state index contributed by atoms with van der Waals surface area (Å²) in [6.07, 6.45) is 0.938. The lowest BCUT2D eigenvalue weighted by Gasteiger charge is -2.15. The highest BCUT2D eigenvalue weighted by molar-refractivity contribution is 7.99. The van der Waals surface area contributed by atoms with Crippen molar-refractivity contribution in [3.63, 3.8) is 0 Å². The van der Waals surface area contributed by atoms with Crippen LogP contribution in [0.15, 0.2) is 29.4 Å². The van der Waals surface area contributed by atoms with Gasteiger partial charge in [0.05, 0.1) is 12.9 Å². The minimum Gasteiger partial charge on any atom is -0.497 e. The van der Waals surface area contributed by atoms with Crippen molar-refractivity contribution in [1.29, 1.82) is 0 Å². The monoisotopic (exact) mass is 347 g/mol. The zero-order valence-electron chi connectivity index (χ0n) is 13.9. The van der Waals surface area contributed by atoms with Gasteiger partial charge in [0, 0.05) is 25.3 Å². The third-order valence-electron chi connectivity index (χ3n) is 3.77. The maximum Gasteiger partial charge on any atom is 0.232 e. The Morgan fingerprint density at radius 2 is 2.08 bits per heavy atom. The number of rotatable bonds is 7. The van der Waals surface area contributed by atoms with Gasteiger partial charge < -0.3 is 15.0 Å². The van der Waals surface area contributed by atoms with Gasteiger partial charge in [0.1, 0.15) is 5.75 Å². The van der Waals surface area contributed by atoms with E-state index in [0.29, 0.717) is 12.3 Å². The second-order valence-electron chi connectivity index (χ2n) is 5.42. The highest BCUT2D eigenvalue weighted by Gasteiger charge is 2.26. The molecule has 1 aliphatic rings. The summed E-state index contributed by atoms with van der Waals surface area (Å²) in [7, 11) is 1.65. The van der Waals surface area contributed by atoms with E-state index in [1.54, 1.807) is 7.11 Å². The maximum absolute atomic E-state index is 11.7. The van der Waals surface area contributed by atoms with Crippen LogP contribution in [0.5, 0.6) is 5.75 Å².